The Balaban J connectivity index is 2.05. The van der Waals surface area contributed by atoms with Crippen LogP contribution in [0.25, 0.3) is 0 Å². The lowest BCUT2D eigenvalue weighted by molar-refractivity contribution is 0.0947. The maximum absolute atomic E-state index is 13.4. The SMILES string of the molecule is O=C(NCc1ccc(Cl)s1)c1cc(Cl)ccc1F. The lowest BCUT2D eigenvalue weighted by Gasteiger charge is -2.05. The molecule has 1 aromatic carbocycles. The highest BCUT2D eigenvalue weighted by Gasteiger charge is 2.12. The van der Waals surface area contributed by atoms with Gasteiger partial charge < -0.3 is 5.32 Å². The van der Waals surface area contributed by atoms with Crippen LogP contribution in [-0.4, -0.2) is 5.91 Å². The van der Waals surface area contributed by atoms with Crippen molar-refractivity contribution in [3.8, 4) is 0 Å². The fourth-order valence-electron chi connectivity index (χ4n) is 1.38. The molecule has 6 heteroatoms. The third-order valence-electron chi connectivity index (χ3n) is 2.23. The number of hydrogen-bond acceptors (Lipinski definition) is 2. The van der Waals surface area contributed by atoms with E-state index in [1.807, 2.05) is 6.07 Å². The van der Waals surface area contributed by atoms with Crippen molar-refractivity contribution in [1.29, 1.82) is 0 Å². The molecule has 0 saturated carbocycles. The van der Waals surface area contributed by atoms with Crippen LogP contribution in [0.1, 0.15) is 15.2 Å². The fourth-order valence-corrected chi connectivity index (χ4v) is 2.58. The third kappa shape index (κ3) is 3.22. The Morgan fingerprint density at radius 1 is 1.28 bits per heavy atom. The molecule has 0 aliphatic heterocycles. The molecule has 94 valence electrons. The summed E-state index contributed by atoms with van der Waals surface area (Å²) in [7, 11) is 0. The summed E-state index contributed by atoms with van der Waals surface area (Å²) in [6.07, 6.45) is 0. The summed E-state index contributed by atoms with van der Waals surface area (Å²) in [5.74, 6) is -1.10. The molecular weight excluding hydrogens is 296 g/mol. The van der Waals surface area contributed by atoms with E-state index in [1.54, 1.807) is 6.07 Å². The summed E-state index contributed by atoms with van der Waals surface area (Å²) in [6, 6.07) is 7.41. The Hall–Kier alpha value is -1.10. The zero-order valence-electron chi connectivity index (χ0n) is 9.04. The smallest absolute Gasteiger partial charge is 0.254 e. The van der Waals surface area contributed by atoms with Gasteiger partial charge in [0, 0.05) is 9.90 Å². The topological polar surface area (TPSA) is 29.1 Å². The highest BCUT2D eigenvalue weighted by molar-refractivity contribution is 7.16. The van der Waals surface area contributed by atoms with Crippen LogP contribution >= 0.6 is 34.5 Å². The van der Waals surface area contributed by atoms with Crippen LogP contribution in [0.15, 0.2) is 30.3 Å². The maximum Gasteiger partial charge on any atom is 0.254 e. The lowest BCUT2D eigenvalue weighted by Crippen LogP contribution is -2.23. The van der Waals surface area contributed by atoms with Gasteiger partial charge in [-0.25, -0.2) is 4.39 Å². The van der Waals surface area contributed by atoms with Crippen molar-refractivity contribution in [2.24, 2.45) is 0 Å². The number of carbonyl (C=O) groups is 1. The van der Waals surface area contributed by atoms with E-state index in [2.05, 4.69) is 5.32 Å². The van der Waals surface area contributed by atoms with Gasteiger partial charge in [0.05, 0.1) is 16.4 Å². The third-order valence-corrected chi connectivity index (χ3v) is 3.69. The zero-order valence-corrected chi connectivity index (χ0v) is 11.4. The molecule has 0 aliphatic rings. The normalized spacial score (nSPS) is 10.4. The van der Waals surface area contributed by atoms with E-state index in [-0.39, 0.29) is 5.56 Å². The second-order valence-corrected chi connectivity index (χ2v) is 5.75. The molecule has 0 fully saturated rings. The summed E-state index contributed by atoms with van der Waals surface area (Å²) >= 11 is 12.8. The van der Waals surface area contributed by atoms with Crippen LogP contribution in [0.4, 0.5) is 4.39 Å². The van der Waals surface area contributed by atoms with E-state index >= 15 is 0 Å². The van der Waals surface area contributed by atoms with Crippen LogP contribution in [0, 0.1) is 5.82 Å². The largest absolute Gasteiger partial charge is 0.347 e. The minimum atomic E-state index is -0.596. The molecule has 0 aliphatic carbocycles. The minimum absolute atomic E-state index is 0.0647. The molecule has 2 aromatic rings. The van der Waals surface area contributed by atoms with Gasteiger partial charge in [-0.1, -0.05) is 23.2 Å². The van der Waals surface area contributed by atoms with Crippen molar-refractivity contribution < 1.29 is 9.18 Å². The fraction of sp³-hybridized carbons (Fsp3) is 0.0833. The van der Waals surface area contributed by atoms with Crippen molar-refractivity contribution in [3.63, 3.8) is 0 Å². The Kier molecular flexibility index (Phi) is 4.22. The van der Waals surface area contributed by atoms with Crippen molar-refractivity contribution in [2.75, 3.05) is 0 Å². The summed E-state index contributed by atoms with van der Waals surface area (Å²) in [5, 5.41) is 2.93. The van der Waals surface area contributed by atoms with Crippen LogP contribution in [0.3, 0.4) is 0 Å². The van der Waals surface area contributed by atoms with Gasteiger partial charge in [0.2, 0.25) is 0 Å². The molecule has 0 saturated heterocycles. The number of thiophene rings is 1. The van der Waals surface area contributed by atoms with Gasteiger partial charge in [0.15, 0.2) is 0 Å². The molecule has 1 N–H and O–H groups in total. The first-order valence-corrected chi connectivity index (χ1v) is 6.61. The molecule has 2 nitrogen and oxygen atoms in total. The van der Waals surface area contributed by atoms with E-state index in [0.717, 1.165) is 4.88 Å². The summed E-state index contributed by atoms with van der Waals surface area (Å²) in [5.41, 5.74) is -0.0647. The molecule has 0 spiro atoms. The average Bonchev–Trinajstić information content (AvgIpc) is 2.75. The van der Waals surface area contributed by atoms with Gasteiger partial charge in [0.25, 0.3) is 5.91 Å². The van der Waals surface area contributed by atoms with Gasteiger partial charge in [-0.2, -0.15) is 0 Å². The van der Waals surface area contributed by atoms with E-state index in [9.17, 15) is 9.18 Å². The van der Waals surface area contributed by atoms with Crippen molar-refractivity contribution in [1.82, 2.24) is 5.32 Å². The average molecular weight is 304 g/mol. The van der Waals surface area contributed by atoms with E-state index in [1.165, 1.54) is 29.5 Å². The highest BCUT2D eigenvalue weighted by atomic mass is 35.5. The standard InChI is InChI=1S/C12H8Cl2FNOS/c13-7-1-3-10(15)9(5-7)12(17)16-6-8-2-4-11(14)18-8/h1-5H,6H2,(H,16,17). The van der Waals surface area contributed by atoms with Crippen molar-refractivity contribution >= 4 is 40.4 Å². The second kappa shape index (κ2) is 5.69. The summed E-state index contributed by atoms with van der Waals surface area (Å²) in [6.45, 7) is 0.308. The first kappa shape index (κ1) is 13.3. The Bertz CT molecular complexity index is 585. The maximum atomic E-state index is 13.4. The highest BCUT2D eigenvalue weighted by Crippen LogP contribution is 2.21. The van der Waals surface area contributed by atoms with Crippen LogP contribution < -0.4 is 5.32 Å². The number of rotatable bonds is 3. The number of halogens is 3. The number of hydrogen-bond donors (Lipinski definition) is 1. The quantitative estimate of drug-likeness (QED) is 0.908. The second-order valence-electron chi connectivity index (χ2n) is 3.51. The summed E-state index contributed by atoms with van der Waals surface area (Å²) < 4.78 is 14.1. The van der Waals surface area contributed by atoms with Gasteiger partial charge >= 0.3 is 0 Å². The van der Waals surface area contributed by atoms with Crippen LogP contribution in [0.2, 0.25) is 9.36 Å². The van der Waals surface area contributed by atoms with Gasteiger partial charge in [-0.05, 0) is 30.3 Å². The first-order valence-electron chi connectivity index (χ1n) is 5.04. The first-order chi connectivity index (χ1) is 8.56. The van der Waals surface area contributed by atoms with Crippen molar-refractivity contribution in [3.05, 3.63) is 55.9 Å². The molecule has 0 atom stereocenters. The number of benzene rings is 1. The number of carbonyl (C=O) groups excluding carboxylic acids is 1. The predicted octanol–water partition coefficient (Wildman–Crippen LogP) is 4.12. The van der Waals surface area contributed by atoms with E-state index in [4.69, 9.17) is 23.2 Å². The molecular formula is C12H8Cl2FNOS. The lowest BCUT2D eigenvalue weighted by atomic mass is 10.2. The Morgan fingerprint density at radius 3 is 2.72 bits per heavy atom. The van der Waals surface area contributed by atoms with Crippen LogP contribution in [0.5, 0.6) is 0 Å². The molecule has 1 heterocycles. The van der Waals surface area contributed by atoms with Crippen LogP contribution in [-0.2, 0) is 6.54 Å². The number of nitrogens with one attached hydrogen (secondary N) is 1. The van der Waals surface area contributed by atoms with Gasteiger partial charge in [0.1, 0.15) is 5.82 Å². The minimum Gasteiger partial charge on any atom is -0.347 e. The number of amides is 1. The zero-order chi connectivity index (χ0) is 13.1. The van der Waals surface area contributed by atoms with Gasteiger partial charge in [-0.3, -0.25) is 4.79 Å². The Morgan fingerprint density at radius 2 is 2.06 bits per heavy atom. The molecule has 18 heavy (non-hydrogen) atoms. The molecule has 1 amide bonds. The Labute approximate surface area is 117 Å². The van der Waals surface area contributed by atoms with E-state index in [0.29, 0.717) is 15.9 Å². The summed E-state index contributed by atoms with van der Waals surface area (Å²) in [4.78, 5) is 12.7. The monoisotopic (exact) mass is 303 g/mol. The van der Waals surface area contributed by atoms with E-state index < -0.39 is 11.7 Å². The predicted molar refractivity (Wildman–Crippen MR) is 71.9 cm³/mol. The molecule has 2 rings (SSSR count). The molecule has 0 bridgehead atoms. The molecule has 1 aromatic heterocycles. The molecule has 0 radical (unpaired) electrons. The molecule has 0 unspecified atom stereocenters. The van der Waals surface area contributed by atoms with Gasteiger partial charge in [-0.15, -0.1) is 11.3 Å². The van der Waals surface area contributed by atoms with Crippen molar-refractivity contribution in [2.45, 2.75) is 6.54 Å².